The standard InChI is InChI=1S/C20H26N2O3S/c23-19(21-9-11-25-12-10-21)13-26-14-20(24)22(16-6-7-16)18-8-5-15-3-1-2-4-17(15)18/h1-4,16,18H,5-14H2. The fourth-order valence-corrected chi connectivity index (χ4v) is 4.80. The van der Waals surface area contributed by atoms with Crippen LogP contribution in [-0.4, -0.2) is 65.5 Å². The molecule has 1 aliphatic heterocycles. The second-order valence-corrected chi connectivity index (χ2v) is 8.26. The molecule has 1 saturated heterocycles. The lowest BCUT2D eigenvalue weighted by molar-refractivity contribution is -0.132. The van der Waals surface area contributed by atoms with Crippen LogP contribution in [0.25, 0.3) is 0 Å². The number of amides is 2. The molecule has 0 aromatic heterocycles. The zero-order chi connectivity index (χ0) is 17.9. The van der Waals surface area contributed by atoms with Crippen LogP contribution < -0.4 is 0 Å². The first kappa shape index (κ1) is 17.9. The summed E-state index contributed by atoms with van der Waals surface area (Å²) in [6, 6.07) is 9.13. The highest BCUT2D eigenvalue weighted by molar-refractivity contribution is 8.00. The monoisotopic (exact) mass is 374 g/mol. The van der Waals surface area contributed by atoms with E-state index in [0.29, 0.717) is 43.9 Å². The summed E-state index contributed by atoms with van der Waals surface area (Å²) in [5.41, 5.74) is 2.70. The molecule has 1 aromatic rings. The highest BCUT2D eigenvalue weighted by atomic mass is 32.2. The van der Waals surface area contributed by atoms with Crippen molar-refractivity contribution in [1.82, 2.24) is 9.80 Å². The minimum atomic E-state index is 0.121. The molecule has 2 aliphatic carbocycles. The molecule has 1 saturated carbocycles. The van der Waals surface area contributed by atoms with Crippen molar-refractivity contribution in [3.05, 3.63) is 35.4 Å². The van der Waals surface area contributed by atoms with Gasteiger partial charge in [-0.25, -0.2) is 0 Å². The maximum Gasteiger partial charge on any atom is 0.233 e. The molecule has 1 heterocycles. The normalized spacial score (nSPS) is 22.2. The molecule has 1 atom stereocenters. The number of ether oxygens (including phenoxy) is 1. The summed E-state index contributed by atoms with van der Waals surface area (Å²) >= 11 is 1.45. The molecule has 26 heavy (non-hydrogen) atoms. The Morgan fingerprint density at radius 2 is 1.88 bits per heavy atom. The van der Waals surface area contributed by atoms with Gasteiger partial charge >= 0.3 is 0 Å². The molecular weight excluding hydrogens is 348 g/mol. The molecule has 0 N–H and O–H groups in total. The van der Waals surface area contributed by atoms with E-state index in [2.05, 4.69) is 29.2 Å². The Morgan fingerprint density at radius 3 is 2.65 bits per heavy atom. The van der Waals surface area contributed by atoms with Crippen LogP contribution in [0.4, 0.5) is 0 Å². The summed E-state index contributed by atoms with van der Waals surface area (Å²) in [6.07, 6.45) is 4.31. The van der Waals surface area contributed by atoms with Crippen molar-refractivity contribution in [2.45, 2.75) is 37.8 Å². The van der Waals surface area contributed by atoms with E-state index in [4.69, 9.17) is 4.74 Å². The number of thioether (sulfide) groups is 1. The highest BCUT2D eigenvalue weighted by Gasteiger charge is 2.40. The van der Waals surface area contributed by atoms with Crippen molar-refractivity contribution >= 4 is 23.6 Å². The van der Waals surface area contributed by atoms with E-state index in [9.17, 15) is 9.59 Å². The fourth-order valence-electron chi connectivity index (χ4n) is 4.01. The van der Waals surface area contributed by atoms with Crippen LogP contribution >= 0.6 is 11.8 Å². The molecule has 0 radical (unpaired) electrons. The highest BCUT2D eigenvalue weighted by Crippen LogP contribution is 2.42. The molecule has 3 aliphatic rings. The van der Waals surface area contributed by atoms with Crippen molar-refractivity contribution < 1.29 is 14.3 Å². The predicted molar refractivity (Wildman–Crippen MR) is 102 cm³/mol. The quantitative estimate of drug-likeness (QED) is 0.766. The minimum Gasteiger partial charge on any atom is -0.378 e. The second kappa shape index (κ2) is 8.01. The first-order valence-corrected chi connectivity index (χ1v) is 10.7. The first-order chi connectivity index (χ1) is 12.7. The minimum absolute atomic E-state index is 0.121. The Kier molecular flexibility index (Phi) is 5.50. The zero-order valence-electron chi connectivity index (χ0n) is 15.1. The van der Waals surface area contributed by atoms with Crippen LogP contribution in [-0.2, 0) is 20.7 Å². The number of carbonyl (C=O) groups excluding carboxylic acids is 2. The third-order valence-corrected chi connectivity index (χ3v) is 6.38. The van der Waals surface area contributed by atoms with E-state index < -0.39 is 0 Å². The van der Waals surface area contributed by atoms with Gasteiger partial charge < -0.3 is 14.5 Å². The second-order valence-electron chi connectivity index (χ2n) is 7.27. The third-order valence-electron chi connectivity index (χ3n) is 5.48. The van der Waals surface area contributed by atoms with Gasteiger partial charge in [-0.15, -0.1) is 11.8 Å². The Labute approximate surface area is 159 Å². The van der Waals surface area contributed by atoms with E-state index in [0.717, 1.165) is 25.7 Å². The Bertz CT molecular complexity index is 671. The summed E-state index contributed by atoms with van der Waals surface area (Å²) in [5, 5.41) is 0. The van der Waals surface area contributed by atoms with Crippen LogP contribution in [0.15, 0.2) is 24.3 Å². The van der Waals surface area contributed by atoms with Gasteiger partial charge in [0, 0.05) is 19.1 Å². The van der Waals surface area contributed by atoms with Gasteiger partial charge in [-0.1, -0.05) is 24.3 Å². The fraction of sp³-hybridized carbons (Fsp3) is 0.600. The lowest BCUT2D eigenvalue weighted by atomic mass is 10.1. The maximum atomic E-state index is 12.9. The van der Waals surface area contributed by atoms with Crippen molar-refractivity contribution in [3.8, 4) is 0 Å². The van der Waals surface area contributed by atoms with E-state index >= 15 is 0 Å². The van der Waals surface area contributed by atoms with E-state index in [1.165, 1.54) is 22.9 Å². The van der Waals surface area contributed by atoms with E-state index in [1.54, 1.807) is 0 Å². The van der Waals surface area contributed by atoms with Crippen LogP contribution in [0.1, 0.15) is 36.4 Å². The first-order valence-electron chi connectivity index (χ1n) is 9.56. The molecule has 1 aromatic carbocycles. The van der Waals surface area contributed by atoms with Crippen LogP contribution in [0, 0.1) is 0 Å². The predicted octanol–water partition coefficient (Wildman–Crippen LogP) is 2.26. The number of nitrogens with zero attached hydrogens (tertiary/aromatic N) is 2. The number of fused-ring (bicyclic) bond motifs is 1. The van der Waals surface area contributed by atoms with Gasteiger partial charge in [-0.2, -0.15) is 0 Å². The lowest BCUT2D eigenvalue weighted by Crippen LogP contribution is -2.42. The van der Waals surface area contributed by atoms with Crippen molar-refractivity contribution in [2.24, 2.45) is 0 Å². The lowest BCUT2D eigenvalue weighted by Gasteiger charge is -2.30. The molecular formula is C20H26N2O3S. The van der Waals surface area contributed by atoms with Crippen LogP contribution in [0.2, 0.25) is 0 Å². The average Bonchev–Trinajstić information content (AvgIpc) is 3.42. The summed E-state index contributed by atoms with van der Waals surface area (Å²) < 4.78 is 5.28. The molecule has 4 rings (SSSR count). The molecule has 1 unspecified atom stereocenters. The van der Waals surface area contributed by atoms with Gasteiger partial charge in [0.2, 0.25) is 11.8 Å². The molecule has 0 bridgehead atoms. The smallest absolute Gasteiger partial charge is 0.233 e. The molecule has 6 heteroatoms. The van der Waals surface area contributed by atoms with Gasteiger partial charge in [0.05, 0.1) is 30.8 Å². The molecule has 140 valence electrons. The van der Waals surface area contributed by atoms with Crippen molar-refractivity contribution in [3.63, 3.8) is 0 Å². The zero-order valence-corrected chi connectivity index (χ0v) is 15.9. The van der Waals surface area contributed by atoms with Gasteiger partial charge in [-0.05, 0) is 36.8 Å². The number of hydrogen-bond acceptors (Lipinski definition) is 4. The van der Waals surface area contributed by atoms with Crippen LogP contribution in [0.5, 0.6) is 0 Å². The topological polar surface area (TPSA) is 49.9 Å². The van der Waals surface area contributed by atoms with Gasteiger partial charge in [-0.3, -0.25) is 9.59 Å². The number of carbonyl (C=O) groups is 2. The van der Waals surface area contributed by atoms with Gasteiger partial charge in [0.15, 0.2) is 0 Å². The summed E-state index contributed by atoms with van der Waals surface area (Å²) in [7, 11) is 0. The largest absolute Gasteiger partial charge is 0.378 e. The van der Waals surface area contributed by atoms with Crippen LogP contribution in [0.3, 0.4) is 0 Å². The number of hydrogen-bond donors (Lipinski definition) is 0. The Hall–Kier alpha value is -1.53. The summed E-state index contributed by atoms with van der Waals surface area (Å²) in [6.45, 7) is 2.57. The number of aryl methyl sites for hydroxylation is 1. The van der Waals surface area contributed by atoms with E-state index in [1.807, 2.05) is 4.90 Å². The summed E-state index contributed by atoms with van der Waals surface area (Å²) in [5.74, 6) is 1.08. The summed E-state index contributed by atoms with van der Waals surface area (Å²) in [4.78, 5) is 29.1. The average molecular weight is 375 g/mol. The van der Waals surface area contributed by atoms with Gasteiger partial charge in [0.1, 0.15) is 0 Å². The molecule has 2 amide bonds. The molecule has 2 fully saturated rings. The van der Waals surface area contributed by atoms with Crippen molar-refractivity contribution in [2.75, 3.05) is 37.8 Å². The Morgan fingerprint density at radius 1 is 1.12 bits per heavy atom. The molecule has 0 spiro atoms. The van der Waals surface area contributed by atoms with E-state index in [-0.39, 0.29) is 17.9 Å². The van der Waals surface area contributed by atoms with Crippen molar-refractivity contribution in [1.29, 1.82) is 0 Å². The molecule has 5 nitrogen and oxygen atoms in total. The van der Waals surface area contributed by atoms with Gasteiger partial charge in [0.25, 0.3) is 0 Å². The Balaban J connectivity index is 1.33. The maximum absolute atomic E-state index is 12.9. The SMILES string of the molecule is O=C(CSCC(=O)N(C1CC1)C1CCc2ccccc21)N1CCOCC1. The number of morpholine rings is 1. The number of benzene rings is 1. The third kappa shape index (κ3) is 3.91. The number of rotatable bonds is 6.